The van der Waals surface area contributed by atoms with E-state index < -0.39 is 14.0 Å². The van der Waals surface area contributed by atoms with Crippen LogP contribution in [0.4, 0.5) is 0 Å². The second-order valence-electron chi connectivity index (χ2n) is 6.14. The van der Waals surface area contributed by atoms with Crippen molar-refractivity contribution in [3.05, 3.63) is 48.0 Å². The minimum absolute atomic E-state index is 0.228. The summed E-state index contributed by atoms with van der Waals surface area (Å²) in [4.78, 5) is 11.4. The first-order chi connectivity index (χ1) is 8.88. The van der Waals surface area contributed by atoms with Crippen LogP contribution in [0.3, 0.4) is 0 Å². The van der Waals surface area contributed by atoms with E-state index in [1.807, 2.05) is 12.1 Å². The number of benzene rings is 2. The second-order valence-corrected chi connectivity index (χ2v) is 11.6. The molecule has 19 heavy (non-hydrogen) atoms. The Morgan fingerprint density at radius 3 is 2.32 bits per heavy atom. The number of hydrogen-bond acceptors (Lipinski definition) is 1. The third-order valence-corrected chi connectivity index (χ3v) is 6.14. The summed E-state index contributed by atoms with van der Waals surface area (Å²) < 4.78 is 0. The van der Waals surface area contributed by atoms with Gasteiger partial charge in [-0.2, -0.15) is 0 Å². The molecule has 0 fully saturated rings. The molecule has 1 unspecified atom stereocenters. The smallest absolute Gasteiger partial charge is 0.304 e. The van der Waals surface area contributed by atoms with E-state index in [2.05, 4.69) is 50.0 Å². The maximum atomic E-state index is 11.4. The number of carbonyl (C=O) groups is 1. The summed E-state index contributed by atoms with van der Waals surface area (Å²) in [7, 11) is -1.70. The number of carboxylic acid groups (broad SMARTS) is 1. The van der Waals surface area contributed by atoms with E-state index in [1.54, 1.807) is 0 Å². The zero-order chi connectivity index (χ0) is 14.0. The molecule has 2 rings (SSSR count). The fourth-order valence-electron chi connectivity index (χ4n) is 2.37. The van der Waals surface area contributed by atoms with Crippen molar-refractivity contribution in [3.8, 4) is 0 Å². The van der Waals surface area contributed by atoms with Crippen LogP contribution in [0.5, 0.6) is 0 Å². The highest BCUT2D eigenvalue weighted by atomic mass is 28.3. The van der Waals surface area contributed by atoms with Crippen molar-refractivity contribution in [2.45, 2.75) is 31.6 Å². The summed E-state index contributed by atoms with van der Waals surface area (Å²) in [6.45, 7) is 6.35. The van der Waals surface area contributed by atoms with Crippen LogP contribution in [0, 0.1) is 0 Å². The van der Waals surface area contributed by atoms with Gasteiger partial charge in [-0.3, -0.25) is 4.79 Å². The van der Waals surface area contributed by atoms with Crippen LogP contribution in [-0.2, 0) is 11.2 Å². The molecule has 100 valence electrons. The molecule has 1 N–H and O–H groups in total. The summed E-state index contributed by atoms with van der Waals surface area (Å²) in [6.07, 6.45) is 0.635. The van der Waals surface area contributed by atoms with Gasteiger partial charge in [0.25, 0.3) is 0 Å². The Hall–Kier alpha value is -1.61. The molecule has 2 aromatic carbocycles. The van der Waals surface area contributed by atoms with E-state index in [4.69, 9.17) is 0 Å². The summed E-state index contributed by atoms with van der Waals surface area (Å²) in [5.41, 5.74) is 0.891. The van der Waals surface area contributed by atoms with Crippen molar-refractivity contribution in [2.75, 3.05) is 0 Å². The van der Waals surface area contributed by atoms with Crippen molar-refractivity contribution in [1.82, 2.24) is 0 Å². The van der Waals surface area contributed by atoms with Gasteiger partial charge in [-0.1, -0.05) is 62.1 Å². The molecule has 0 radical (unpaired) electrons. The molecule has 0 spiro atoms. The lowest BCUT2D eigenvalue weighted by Gasteiger charge is -2.25. The van der Waals surface area contributed by atoms with Gasteiger partial charge in [-0.25, -0.2) is 0 Å². The van der Waals surface area contributed by atoms with Crippen LogP contribution in [0.1, 0.15) is 5.56 Å². The first-order valence-corrected chi connectivity index (χ1v) is 10.2. The number of rotatable bonds is 4. The van der Waals surface area contributed by atoms with E-state index in [9.17, 15) is 9.90 Å². The summed E-state index contributed by atoms with van der Waals surface area (Å²) >= 11 is 0. The number of fused-ring (bicyclic) bond motifs is 1. The average molecular weight is 272 g/mol. The zero-order valence-corrected chi connectivity index (χ0v) is 12.7. The Morgan fingerprint density at radius 2 is 1.74 bits per heavy atom. The molecule has 2 aromatic rings. The van der Waals surface area contributed by atoms with Crippen LogP contribution >= 0.6 is 0 Å². The molecule has 0 bridgehead atoms. The standard InChI is InChI=1S/C16H20O2Si/c1-19(2,3)15(16(17)18)11-12-8-9-13-6-4-5-7-14(13)10-12/h4-10,15H,11H2,1-3H3,(H,17,18). The molecule has 1 atom stereocenters. The van der Waals surface area contributed by atoms with Crippen molar-refractivity contribution >= 4 is 24.8 Å². The maximum absolute atomic E-state index is 11.4. The largest absolute Gasteiger partial charge is 0.481 e. The summed E-state index contributed by atoms with van der Waals surface area (Å²) in [5.74, 6) is -0.660. The molecule has 0 aliphatic rings. The first kappa shape index (κ1) is 13.8. The molecule has 3 heteroatoms. The van der Waals surface area contributed by atoms with Crippen molar-refractivity contribution < 1.29 is 9.90 Å². The lowest BCUT2D eigenvalue weighted by molar-refractivity contribution is -0.137. The van der Waals surface area contributed by atoms with Crippen molar-refractivity contribution in [2.24, 2.45) is 0 Å². The lowest BCUT2D eigenvalue weighted by Crippen LogP contribution is -2.35. The SMILES string of the molecule is C[Si](C)(C)C(Cc1ccc2ccccc2c1)C(=O)O. The molecule has 0 aromatic heterocycles. The van der Waals surface area contributed by atoms with Crippen LogP contribution in [0.15, 0.2) is 42.5 Å². The van der Waals surface area contributed by atoms with Crippen LogP contribution < -0.4 is 0 Å². The molecular weight excluding hydrogens is 252 g/mol. The monoisotopic (exact) mass is 272 g/mol. The molecule has 0 aliphatic carbocycles. The maximum Gasteiger partial charge on any atom is 0.304 e. The predicted octanol–water partition coefficient (Wildman–Crippen LogP) is 4.18. The van der Waals surface area contributed by atoms with E-state index in [0.717, 1.165) is 5.56 Å². The number of aliphatic carboxylic acids is 1. The van der Waals surface area contributed by atoms with E-state index in [-0.39, 0.29) is 5.54 Å². The van der Waals surface area contributed by atoms with Crippen LogP contribution in [0.25, 0.3) is 10.8 Å². The van der Waals surface area contributed by atoms with Gasteiger partial charge >= 0.3 is 5.97 Å². The zero-order valence-electron chi connectivity index (χ0n) is 11.7. The van der Waals surface area contributed by atoms with Gasteiger partial charge in [-0.05, 0) is 22.8 Å². The van der Waals surface area contributed by atoms with Gasteiger partial charge in [0.1, 0.15) is 0 Å². The Bertz CT molecular complexity index is 599. The third-order valence-electron chi connectivity index (χ3n) is 3.60. The highest BCUT2D eigenvalue weighted by Crippen LogP contribution is 2.27. The second kappa shape index (κ2) is 5.17. The molecule has 0 saturated heterocycles. The van der Waals surface area contributed by atoms with Crippen molar-refractivity contribution in [3.63, 3.8) is 0 Å². The summed E-state index contributed by atoms with van der Waals surface area (Å²) in [5, 5.41) is 11.8. The van der Waals surface area contributed by atoms with Gasteiger partial charge < -0.3 is 5.11 Å². The molecule has 0 amide bonds. The normalized spacial score (nSPS) is 13.4. The van der Waals surface area contributed by atoms with Gasteiger partial charge in [0, 0.05) is 0 Å². The van der Waals surface area contributed by atoms with E-state index in [1.165, 1.54) is 10.8 Å². The fourth-order valence-corrected chi connectivity index (χ4v) is 3.95. The molecular formula is C16H20O2Si. The highest BCUT2D eigenvalue weighted by Gasteiger charge is 2.32. The minimum Gasteiger partial charge on any atom is -0.481 e. The molecule has 0 heterocycles. The fraction of sp³-hybridized carbons (Fsp3) is 0.312. The van der Waals surface area contributed by atoms with E-state index >= 15 is 0 Å². The molecule has 0 aliphatic heterocycles. The first-order valence-electron chi connectivity index (χ1n) is 6.58. The number of hydrogen-bond donors (Lipinski definition) is 1. The Labute approximate surface area is 115 Å². The molecule has 0 saturated carbocycles. The topological polar surface area (TPSA) is 37.3 Å². The van der Waals surface area contributed by atoms with E-state index in [0.29, 0.717) is 6.42 Å². The Balaban J connectivity index is 2.32. The quantitative estimate of drug-likeness (QED) is 0.848. The van der Waals surface area contributed by atoms with Gasteiger partial charge in [-0.15, -0.1) is 0 Å². The Kier molecular flexibility index (Phi) is 3.76. The summed E-state index contributed by atoms with van der Waals surface area (Å²) in [6, 6.07) is 14.4. The predicted molar refractivity (Wildman–Crippen MR) is 82.4 cm³/mol. The Morgan fingerprint density at radius 1 is 1.11 bits per heavy atom. The van der Waals surface area contributed by atoms with Gasteiger partial charge in [0.05, 0.1) is 13.6 Å². The van der Waals surface area contributed by atoms with Crippen LogP contribution in [0.2, 0.25) is 25.2 Å². The molecule has 2 nitrogen and oxygen atoms in total. The average Bonchev–Trinajstić information content (AvgIpc) is 2.34. The van der Waals surface area contributed by atoms with Gasteiger partial charge in [0.2, 0.25) is 0 Å². The van der Waals surface area contributed by atoms with Crippen molar-refractivity contribution in [1.29, 1.82) is 0 Å². The minimum atomic E-state index is -1.70. The van der Waals surface area contributed by atoms with Gasteiger partial charge in [0.15, 0.2) is 0 Å². The van der Waals surface area contributed by atoms with Crippen LogP contribution in [-0.4, -0.2) is 19.1 Å². The highest BCUT2D eigenvalue weighted by molar-refractivity contribution is 6.80. The number of carboxylic acids is 1. The third kappa shape index (κ3) is 3.23. The lowest BCUT2D eigenvalue weighted by atomic mass is 10.0.